The van der Waals surface area contributed by atoms with Gasteiger partial charge in [-0.3, -0.25) is 4.79 Å². The van der Waals surface area contributed by atoms with E-state index in [0.717, 1.165) is 15.6 Å². The molecule has 106 valence electrons. The summed E-state index contributed by atoms with van der Waals surface area (Å²) in [5.74, 6) is -0.00421. The molecule has 1 aliphatic carbocycles. The molecule has 1 heterocycles. The van der Waals surface area contributed by atoms with Crippen LogP contribution in [0.4, 0.5) is 0 Å². The second-order valence-corrected chi connectivity index (χ2v) is 8.21. The van der Waals surface area contributed by atoms with Crippen molar-refractivity contribution in [3.05, 3.63) is 15.6 Å². The fraction of sp³-hybridized carbons (Fsp3) is 0.692. The minimum Gasteiger partial charge on any atom is -0.338 e. The molecule has 0 radical (unpaired) electrons. The molecule has 0 N–H and O–H groups in total. The number of carbonyl (C=O) groups excluding carboxylic acids is 1. The zero-order valence-corrected chi connectivity index (χ0v) is 14.1. The molecule has 6 heteroatoms. The highest BCUT2D eigenvalue weighted by atomic mass is 35.5. The second kappa shape index (κ2) is 4.61. The highest BCUT2D eigenvalue weighted by Gasteiger charge is 2.68. The number of alkyl halides is 2. The van der Waals surface area contributed by atoms with Crippen molar-refractivity contribution >= 4 is 40.4 Å². The van der Waals surface area contributed by atoms with Gasteiger partial charge in [0.05, 0.1) is 22.2 Å². The third kappa shape index (κ3) is 2.39. The normalized spacial score (nSPS) is 26.1. The molecule has 2 unspecified atom stereocenters. The predicted octanol–water partition coefficient (Wildman–Crippen LogP) is 3.86. The quantitative estimate of drug-likeness (QED) is 0.792. The molecule has 1 saturated carbocycles. The third-order valence-corrected chi connectivity index (χ3v) is 6.29. The average molecular weight is 321 g/mol. The summed E-state index contributed by atoms with van der Waals surface area (Å²) in [6.07, 6.45) is 0.514. The van der Waals surface area contributed by atoms with Gasteiger partial charge in [-0.1, -0.05) is 0 Å². The second-order valence-electron chi connectivity index (χ2n) is 5.49. The standard InChI is InChI=1S/C13H18Cl2N2OS/c1-7-10(19-9(3)16-7)8(2)17(5)11(18)12(4)6-13(12,14)15/h8H,6H2,1-5H3. The van der Waals surface area contributed by atoms with Gasteiger partial charge in [0.25, 0.3) is 0 Å². The Balaban J connectivity index is 2.19. The largest absolute Gasteiger partial charge is 0.338 e. The van der Waals surface area contributed by atoms with Crippen molar-refractivity contribution in [2.75, 3.05) is 7.05 Å². The summed E-state index contributed by atoms with van der Waals surface area (Å²) >= 11 is 13.8. The van der Waals surface area contributed by atoms with Crippen molar-refractivity contribution in [3.8, 4) is 0 Å². The molecule has 0 spiro atoms. The Kier molecular flexibility index (Phi) is 3.65. The van der Waals surface area contributed by atoms with Gasteiger partial charge < -0.3 is 4.90 Å². The number of nitrogens with zero attached hydrogens (tertiary/aromatic N) is 2. The van der Waals surface area contributed by atoms with Gasteiger partial charge in [0.1, 0.15) is 4.33 Å². The molecule has 0 saturated heterocycles. The molecule has 1 aliphatic rings. The van der Waals surface area contributed by atoms with E-state index in [1.165, 1.54) is 0 Å². The molecule has 2 rings (SSSR count). The number of halogens is 2. The van der Waals surface area contributed by atoms with E-state index in [-0.39, 0.29) is 11.9 Å². The van der Waals surface area contributed by atoms with Crippen LogP contribution in [0.25, 0.3) is 0 Å². The molecular formula is C13H18Cl2N2OS. The summed E-state index contributed by atoms with van der Waals surface area (Å²) < 4.78 is -0.920. The first-order valence-corrected chi connectivity index (χ1v) is 7.76. The monoisotopic (exact) mass is 320 g/mol. The number of carbonyl (C=O) groups is 1. The van der Waals surface area contributed by atoms with Crippen LogP contribution < -0.4 is 0 Å². The lowest BCUT2D eigenvalue weighted by atomic mass is 10.1. The van der Waals surface area contributed by atoms with Gasteiger partial charge in [-0.2, -0.15) is 0 Å². The van der Waals surface area contributed by atoms with E-state index in [1.54, 1.807) is 23.3 Å². The van der Waals surface area contributed by atoms with Gasteiger partial charge in [0.15, 0.2) is 0 Å². The van der Waals surface area contributed by atoms with Gasteiger partial charge in [0.2, 0.25) is 5.91 Å². The number of amides is 1. The molecule has 0 bridgehead atoms. The van der Waals surface area contributed by atoms with E-state index in [2.05, 4.69) is 4.98 Å². The number of aromatic nitrogens is 1. The summed E-state index contributed by atoms with van der Waals surface area (Å²) in [6.45, 7) is 7.78. The highest BCUT2D eigenvalue weighted by Crippen LogP contribution is 2.64. The molecule has 19 heavy (non-hydrogen) atoms. The van der Waals surface area contributed by atoms with Gasteiger partial charge >= 0.3 is 0 Å². The molecule has 0 aliphatic heterocycles. The summed E-state index contributed by atoms with van der Waals surface area (Å²) in [5.41, 5.74) is 0.325. The van der Waals surface area contributed by atoms with Crippen LogP contribution in [0.5, 0.6) is 0 Å². The minimum absolute atomic E-state index is 0.00421. The Labute approximate surface area is 127 Å². The van der Waals surface area contributed by atoms with Crippen molar-refractivity contribution < 1.29 is 4.79 Å². The van der Waals surface area contributed by atoms with Crippen LogP contribution in [0.15, 0.2) is 0 Å². The predicted molar refractivity (Wildman–Crippen MR) is 79.9 cm³/mol. The first kappa shape index (κ1) is 15.1. The maximum absolute atomic E-state index is 12.5. The van der Waals surface area contributed by atoms with Crippen molar-refractivity contribution in [2.45, 2.75) is 44.5 Å². The van der Waals surface area contributed by atoms with Crippen molar-refractivity contribution in [2.24, 2.45) is 5.41 Å². The highest BCUT2D eigenvalue weighted by molar-refractivity contribution is 7.11. The van der Waals surface area contributed by atoms with Gasteiger partial charge in [-0.25, -0.2) is 4.98 Å². The molecule has 2 atom stereocenters. The number of hydrogen-bond acceptors (Lipinski definition) is 3. The summed E-state index contributed by atoms with van der Waals surface area (Å²) in [4.78, 5) is 19.8. The number of hydrogen-bond donors (Lipinski definition) is 0. The average Bonchev–Trinajstić information content (AvgIpc) is 2.64. The van der Waals surface area contributed by atoms with E-state index in [1.807, 2.05) is 27.7 Å². The van der Waals surface area contributed by atoms with Gasteiger partial charge in [0, 0.05) is 11.9 Å². The molecule has 1 fully saturated rings. The summed E-state index contributed by atoms with van der Waals surface area (Å²) in [6, 6.07) is -0.0136. The number of rotatable bonds is 3. The Morgan fingerprint density at radius 2 is 2.00 bits per heavy atom. The van der Waals surface area contributed by atoms with Crippen LogP contribution in [-0.2, 0) is 4.79 Å². The van der Waals surface area contributed by atoms with Crippen molar-refractivity contribution in [1.29, 1.82) is 0 Å². The van der Waals surface area contributed by atoms with E-state index in [9.17, 15) is 4.79 Å². The topological polar surface area (TPSA) is 33.2 Å². The van der Waals surface area contributed by atoms with Crippen LogP contribution >= 0.6 is 34.5 Å². The maximum atomic E-state index is 12.5. The van der Waals surface area contributed by atoms with Gasteiger partial charge in [-0.05, 0) is 34.1 Å². The van der Waals surface area contributed by atoms with Gasteiger partial charge in [-0.15, -0.1) is 34.5 Å². The molecule has 0 aromatic carbocycles. The lowest BCUT2D eigenvalue weighted by Gasteiger charge is -2.28. The fourth-order valence-electron chi connectivity index (χ4n) is 2.31. The van der Waals surface area contributed by atoms with E-state index in [4.69, 9.17) is 23.2 Å². The smallest absolute Gasteiger partial charge is 0.231 e. The Morgan fingerprint density at radius 1 is 1.47 bits per heavy atom. The van der Waals surface area contributed by atoms with E-state index >= 15 is 0 Å². The summed E-state index contributed by atoms with van der Waals surface area (Å²) in [5, 5.41) is 1.02. The van der Waals surface area contributed by atoms with E-state index < -0.39 is 9.75 Å². The minimum atomic E-state index is -0.920. The molecule has 1 amide bonds. The molecular weight excluding hydrogens is 303 g/mol. The lowest BCUT2D eigenvalue weighted by Crippen LogP contribution is -2.37. The first-order valence-electron chi connectivity index (χ1n) is 6.19. The summed E-state index contributed by atoms with van der Waals surface area (Å²) in [7, 11) is 1.80. The molecule has 1 aromatic heterocycles. The zero-order valence-electron chi connectivity index (χ0n) is 11.8. The fourth-order valence-corrected chi connectivity index (χ4v) is 4.03. The molecule has 3 nitrogen and oxygen atoms in total. The number of thiazole rings is 1. The Morgan fingerprint density at radius 3 is 2.37 bits per heavy atom. The number of aryl methyl sites for hydroxylation is 2. The van der Waals surface area contributed by atoms with Crippen molar-refractivity contribution in [3.63, 3.8) is 0 Å². The maximum Gasteiger partial charge on any atom is 0.231 e. The molecule has 1 aromatic rings. The first-order chi connectivity index (χ1) is 8.60. The van der Waals surface area contributed by atoms with Crippen LogP contribution in [-0.4, -0.2) is 27.2 Å². The van der Waals surface area contributed by atoms with Crippen LogP contribution in [0.1, 0.15) is 41.9 Å². The Bertz CT molecular complexity index is 529. The van der Waals surface area contributed by atoms with Crippen LogP contribution in [0.3, 0.4) is 0 Å². The van der Waals surface area contributed by atoms with E-state index in [0.29, 0.717) is 6.42 Å². The SMILES string of the molecule is Cc1nc(C)c(C(C)N(C)C(=O)C2(C)CC2(Cl)Cl)s1. The third-order valence-electron chi connectivity index (χ3n) is 3.95. The van der Waals surface area contributed by atoms with Crippen LogP contribution in [0.2, 0.25) is 0 Å². The van der Waals surface area contributed by atoms with Crippen molar-refractivity contribution in [1.82, 2.24) is 9.88 Å². The Hall–Kier alpha value is -0.320. The zero-order chi connectivity index (χ0) is 14.6. The lowest BCUT2D eigenvalue weighted by molar-refractivity contribution is -0.137. The van der Waals surface area contributed by atoms with Crippen LogP contribution in [0, 0.1) is 19.3 Å².